The molecule has 1 saturated heterocycles. The highest BCUT2D eigenvalue weighted by atomic mass is 79.9. The fraction of sp³-hybridized carbons (Fsp3) is 0.571. The lowest BCUT2D eigenvalue weighted by Crippen LogP contribution is -2.20. The summed E-state index contributed by atoms with van der Waals surface area (Å²) in [4.78, 5) is 2.24. The number of halogens is 4. The largest absolute Gasteiger partial charge is 0.416 e. The van der Waals surface area contributed by atoms with E-state index in [4.69, 9.17) is 0 Å². The van der Waals surface area contributed by atoms with Crippen molar-refractivity contribution in [2.45, 2.75) is 25.6 Å². The second-order valence-electron chi connectivity index (χ2n) is 5.07. The quantitative estimate of drug-likeness (QED) is 0.741. The van der Waals surface area contributed by atoms with Crippen molar-refractivity contribution in [2.75, 3.05) is 18.4 Å². The van der Waals surface area contributed by atoms with Crippen molar-refractivity contribution in [2.24, 2.45) is 5.92 Å². The molecule has 19 heavy (non-hydrogen) atoms. The predicted molar refractivity (Wildman–Crippen MR) is 73.2 cm³/mol. The zero-order chi connectivity index (χ0) is 13.9. The zero-order valence-electron chi connectivity index (χ0n) is 10.6. The van der Waals surface area contributed by atoms with E-state index in [2.05, 4.69) is 20.8 Å². The maximum atomic E-state index is 12.6. The van der Waals surface area contributed by atoms with Crippen LogP contribution in [0.1, 0.15) is 24.0 Å². The van der Waals surface area contributed by atoms with Crippen LogP contribution in [0.3, 0.4) is 0 Å². The molecule has 0 aliphatic carbocycles. The van der Waals surface area contributed by atoms with Crippen molar-refractivity contribution in [3.8, 4) is 0 Å². The highest BCUT2D eigenvalue weighted by molar-refractivity contribution is 9.09. The lowest BCUT2D eigenvalue weighted by atomic mass is 10.1. The summed E-state index contributed by atoms with van der Waals surface area (Å²) in [5, 5.41) is 0.995. The molecule has 0 radical (unpaired) electrons. The average molecular weight is 336 g/mol. The molecule has 1 nitrogen and oxygen atoms in total. The Balaban J connectivity index is 1.97. The third kappa shape index (κ3) is 4.21. The topological polar surface area (TPSA) is 3.24 Å². The van der Waals surface area contributed by atoms with Gasteiger partial charge in [-0.05, 0) is 36.9 Å². The van der Waals surface area contributed by atoms with Gasteiger partial charge in [0, 0.05) is 18.4 Å². The molecule has 106 valence electrons. The van der Waals surface area contributed by atoms with E-state index >= 15 is 0 Å². The van der Waals surface area contributed by atoms with E-state index in [1.165, 1.54) is 12.1 Å². The number of alkyl halides is 4. The molecular weight excluding hydrogens is 319 g/mol. The molecule has 1 heterocycles. The van der Waals surface area contributed by atoms with Crippen molar-refractivity contribution in [1.29, 1.82) is 0 Å². The van der Waals surface area contributed by atoms with Gasteiger partial charge in [0.05, 0.1) is 5.56 Å². The van der Waals surface area contributed by atoms with Crippen LogP contribution in [0.4, 0.5) is 13.2 Å². The van der Waals surface area contributed by atoms with E-state index in [9.17, 15) is 13.2 Å². The Labute approximate surface area is 119 Å². The van der Waals surface area contributed by atoms with Gasteiger partial charge in [-0.2, -0.15) is 13.2 Å². The minimum Gasteiger partial charge on any atom is -0.299 e. The Morgan fingerprint density at radius 2 is 2.11 bits per heavy atom. The van der Waals surface area contributed by atoms with Gasteiger partial charge in [0.15, 0.2) is 0 Å². The van der Waals surface area contributed by atoms with Crippen LogP contribution in [0, 0.1) is 5.92 Å². The molecule has 1 aliphatic rings. The van der Waals surface area contributed by atoms with Gasteiger partial charge in [0.1, 0.15) is 0 Å². The predicted octanol–water partition coefficient (Wildman–Crippen LogP) is 4.31. The smallest absolute Gasteiger partial charge is 0.299 e. The van der Waals surface area contributed by atoms with E-state index in [0.717, 1.165) is 42.9 Å². The Kier molecular flexibility index (Phi) is 4.90. The molecule has 1 fully saturated rings. The van der Waals surface area contributed by atoms with Crippen LogP contribution in [-0.4, -0.2) is 23.3 Å². The summed E-state index contributed by atoms with van der Waals surface area (Å²) in [5.74, 6) is 0.671. The molecule has 1 unspecified atom stereocenters. The Bertz CT molecular complexity index is 419. The summed E-state index contributed by atoms with van der Waals surface area (Å²) in [5.41, 5.74) is 0.190. The van der Waals surface area contributed by atoms with E-state index in [1.54, 1.807) is 6.07 Å². The minimum absolute atomic E-state index is 0.554. The Morgan fingerprint density at radius 3 is 2.79 bits per heavy atom. The molecule has 0 amide bonds. The van der Waals surface area contributed by atoms with Crippen LogP contribution in [0.25, 0.3) is 0 Å². The highest BCUT2D eigenvalue weighted by Crippen LogP contribution is 2.30. The molecule has 1 aromatic carbocycles. The van der Waals surface area contributed by atoms with Gasteiger partial charge in [0.25, 0.3) is 0 Å². The molecular formula is C14H17BrF3N. The van der Waals surface area contributed by atoms with Crippen LogP contribution >= 0.6 is 15.9 Å². The van der Waals surface area contributed by atoms with E-state index < -0.39 is 11.7 Å². The fourth-order valence-electron chi connectivity index (χ4n) is 2.55. The molecule has 0 N–H and O–H groups in total. The standard InChI is InChI=1S/C14H17BrF3N/c15-6-4-11-5-7-19(9-11)10-12-2-1-3-13(8-12)14(16,17)18/h1-3,8,11H,4-7,9-10H2. The van der Waals surface area contributed by atoms with Gasteiger partial charge in [-0.3, -0.25) is 4.90 Å². The van der Waals surface area contributed by atoms with Gasteiger partial charge in [-0.25, -0.2) is 0 Å². The van der Waals surface area contributed by atoms with Gasteiger partial charge in [-0.1, -0.05) is 34.1 Å². The summed E-state index contributed by atoms with van der Waals surface area (Å²) in [6, 6.07) is 5.65. The molecule has 0 bridgehead atoms. The van der Waals surface area contributed by atoms with Crippen molar-refractivity contribution in [3.63, 3.8) is 0 Å². The summed E-state index contributed by atoms with van der Waals surface area (Å²) in [6.45, 7) is 2.58. The zero-order valence-corrected chi connectivity index (χ0v) is 12.2. The van der Waals surface area contributed by atoms with Crippen LogP contribution in [0.2, 0.25) is 0 Å². The molecule has 1 aliphatic heterocycles. The van der Waals surface area contributed by atoms with Crippen molar-refractivity contribution < 1.29 is 13.2 Å². The number of hydrogen-bond donors (Lipinski definition) is 0. The normalized spacial score (nSPS) is 20.9. The van der Waals surface area contributed by atoms with Crippen LogP contribution < -0.4 is 0 Å². The lowest BCUT2D eigenvalue weighted by molar-refractivity contribution is -0.137. The number of rotatable bonds is 4. The lowest BCUT2D eigenvalue weighted by Gasteiger charge is -2.17. The summed E-state index contributed by atoms with van der Waals surface area (Å²) in [7, 11) is 0. The molecule has 1 aromatic rings. The second-order valence-corrected chi connectivity index (χ2v) is 5.86. The van der Waals surface area contributed by atoms with Crippen molar-refractivity contribution in [3.05, 3.63) is 35.4 Å². The van der Waals surface area contributed by atoms with Crippen LogP contribution in [-0.2, 0) is 12.7 Å². The monoisotopic (exact) mass is 335 g/mol. The summed E-state index contributed by atoms with van der Waals surface area (Å²) < 4.78 is 37.9. The van der Waals surface area contributed by atoms with Gasteiger partial charge >= 0.3 is 6.18 Å². The summed E-state index contributed by atoms with van der Waals surface area (Å²) >= 11 is 3.43. The molecule has 1 atom stereocenters. The highest BCUT2D eigenvalue weighted by Gasteiger charge is 2.30. The van der Waals surface area contributed by atoms with Gasteiger partial charge < -0.3 is 0 Å². The van der Waals surface area contributed by atoms with Gasteiger partial charge in [0.2, 0.25) is 0 Å². The fourth-order valence-corrected chi connectivity index (χ4v) is 3.20. The Hall–Kier alpha value is -0.550. The molecule has 5 heteroatoms. The number of likely N-dealkylation sites (tertiary alicyclic amines) is 1. The van der Waals surface area contributed by atoms with Crippen LogP contribution in [0.15, 0.2) is 24.3 Å². The maximum Gasteiger partial charge on any atom is 0.416 e. The second kappa shape index (κ2) is 6.27. The molecule has 0 saturated carbocycles. The first-order chi connectivity index (χ1) is 8.99. The maximum absolute atomic E-state index is 12.6. The summed E-state index contributed by atoms with van der Waals surface area (Å²) in [6.07, 6.45) is -1.97. The van der Waals surface area contributed by atoms with Crippen LogP contribution in [0.5, 0.6) is 0 Å². The van der Waals surface area contributed by atoms with E-state index in [-0.39, 0.29) is 0 Å². The van der Waals surface area contributed by atoms with Crippen molar-refractivity contribution in [1.82, 2.24) is 4.90 Å². The number of nitrogens with zero attached hydrogens (tertiary/aromatic N) is 1. The Morgan fingerprint density at radius 1 is 1.32 bits per heavy atom. The average Bonchev–Trinajstić information content (AvgIpc) is 2.76. The third-order valence-corrected chi connectivity index (χ3v) is 4.01. The van der Waals surface area contributed by atoms with E-state index in [0.29, 0.717) is 12.5 Å². The van der Waals surface area contributed by atoms with Crippen molar-refractivity contribution >= 4 is 15.9 Å². The molecule has 0 aromatic heterocycles. The minimum atomic E-state index is -4.25. The molecule has 2 rings (SSSR count). The first-order valence-electron chi connectivity index (χ1n) is 6.43. The first kappa shape index (κ1) is 14.9. The number of hydrogen-bond acceptors (Lipinski definition) is 1. The SMILES string of the molecule is FC(F)(F)c1cccc(CN2CCC(CCBr)C2)c1. The van der Waals surface area contributed by atoms with E-state index in [1.807, 2.05) is 0 Å². The third-order valence-electron chi connectivity index (χ3n) is 3.55. The van der Waals surface area contributed by atoms with Gasteiger partial charge in [-0.15, -0.1) is 0 Å². The first-order valence-corrected chi connectivity index (χ1v) is 7.55. The molecule has 0 spiro atoms. The number of benzene rings is 1.